The van der Waals surface area contributed by atoms with Crippen molar-refractivity contribution in [2.24, 2.45) is 4.99 Å². The number of rotatable bonds is 8. The van der Waals surface area contributed by atoms with Crippen molar-refractivity contribution in [1.29, 1.82) is 0 Å². The summed E-state index contributed by atoms with van der Waals surface area (Å²) in [6.07, 6.45) is 2.29. The van der Waals surface area contributed by atoms with Crippen molar-refractivity contribution in [3.8, 4) is 0 Å². The largest absolute Gasteiger partial charge is 0.380 e. The molecule has 1 heterocycles. The van der Waals surface area contributed by atoms with Crippen LogP contribution in [0.15, 0.2) is 10.4 Å². The van der Waals surface area contributed by atoms with E-state index in [0.29, 0.717) is 6.61 Å². The molecule has 0 spiro atoms. The smallest absolute Gasteiger partial charge is 0.193 e. The Labute approximate surface area is 126 Å². The van der Waals surface area contributed by atoms with E-state index in [-0.39, 0.29) is 0 Å². The van der Waals surface area contributed by atoms with Crippen LogP contribution >= 0.6 is 11.3 Å². The van der Waals surface area contributed by atoms with Crippen LogP contribution in [0.4, 0.5) is 0 Å². The lowest BCUT2D eigenvalue weighted by molar-refractivity contribution is 0.135. The predicted molar refractivity (Wildman–Crippen MR) is 85.4 cm³/mol. The number of thiazole rings is 1. The van der Waals surface area contributed by atoms with Crippen LogP contribution in [0.1, 0.15) is 30.5 Å². The fraction of sp³-hybridized carbons (Fsp3) is 0.714. The third-order valence-corrected chi connectivity index (χ3v) is 3.63. The second-order valence-electron chi connectivity index (χ2n) is 4.65. The van der Waals surface area contributed by atoms with E-state index in [1.54, 1.807) is 18.4 Å². The number of hydrogen-bond acceptors (Lipinski definition) is 4. The quantitative estimate of drug-likeness (QED) is 0.454. The summed E-state index contributed by atoms with van der Waals surface area (Å²) in [5, 5.41) is 6.49. The van der Waals surface area contributed by atoms with Crippen molar-refractivity contribution in [2.75, 3.05) is 33.9 Å². The molecular weight excluding hydrogens is 272 g/mol. The van der Waals surface area contributed by atoms with E-state index in [2.05, 4.69) is 32.5 Å². The van der Waals surface area contributed by atoms with Gasteiger partial charge in [0.05, 0.1) is 23.9 Å². The van der Waals surface area contributed by atoms with E-state index in [1.807, 2.05) is 14.0 Å². The van der Waals surface area contributed by atoms with Crippen molar-refractivity contribution < 1.29 is 4.74 Å². The summed E-state index contributed by atoms with van der Waals surface area (Å²) in [6.45, 7) is 7.28. The molecule has 0 radical (unpaired) electrons. The maximum Gasteiger partial charge on any atom is 0.193 e. The SMILES string of the molecule is CCCCOCCNC(=NC)N(C)Cc1csc(C)n1. The van der Waals surface area contributed by atoms with Crippen molar-refractivity contribution >= 4 is 17.3 Å². The Morgan fingerprint density at radius 2 is 2.30 bits per heavy atom. The molecular formula is C14H26N4OS. The Morgan fingerprint density at radius 3 is 2.90 bits per heavy atom. The number of ether oxygens (including phenoxy) is 1. The summed E-state index contributed by atoms with van der Waals surface area (Å²) in [5.74, 6) is 0.870. The van der Waals surface area contributed by atoms with Gasteiger partial charge < -0.3 is 15.0 Å². The maximum atomic E-state index is 5.52. The van der Waals surface area contributed by atoms with Crippen LogP contribution in [0.25, 0.3) is 0 Å². The lowest BCUT2D eigenvalue weighted by atomic mass is 10.4. The number of aromatic nitrogens is 1. The lowest BCUT2D eigenvalue weighted by Gasteiger charge is -2.21. The van der Waals surface area contributed by atoms with Crippen LogP contribution in [0.5, 0.6) is 0 Å². The van der Waals surface area contributed by atoms with Gasteiger partial charge in [0.15, 0.2) is 5.96 Å². The fourth-order valence-corrected chi connectivity index (χ4v) is 2.37. The Bertz CT molecular complexity index is 406. The van der Waals surface area contributed by atoms with Gasteiger partial charge in [0.2, 0.25) is 0 Å². The highest BCUT2D eigenvalue weighted by atomic mass is 32.1. The van der Waals surface area contributed by atoms with Crippen molar-refractivity contribution in [3.63, 3.8) is 0 Å². The van der Waals surface area contributed by atoms with E-state index in [1.165, 1.54) is 6.42 Å². The summed E-state index contributed by atoms with van der Waals surface area (Å²) in [5.41, 5.74) is 1.08. The maximum absolute atomic E-state index is 5.52. The zero-order valence-corrected chi connectivity index (χ0v) is 13.8. The van der Waals surface area contributed by atoms with Crippen LogP contribution in [-0.4, -0.2) is 49.7 Å². The fourth-order valence-electron chi connectivity index (χ4n) is 1.77. The van der Waals surface area contributed by atoms with Gasteiger partial charge in [0.25, 0.3) is 0 Å². The summed E-state index contributed by atoms with van der Waals surface area (Å²) >= 11 is 1.68. The molecule has 0 atom stereocenters. The molecule has 1 aromatic rings. The van der Waals surface area contributed by atoms with Crippen LogP contribution < -0.4 is 5.32 Å². The highest BCUT2D eigenvalue weighted by Gasteiger charge is 2.08. The first-order chi connectivity index (χ1) is 9.67. The van der Waals surface area contributed by atoms with E-state index in [9.17, 15) is 0 Å². The van der Waals surface area contributed by atoms with Crippen LogP contribution in [0, 0.1) is 6.92 Å². The third-order valence-electron chi connectivity index (χ3n) is 2.81. The van der Waals surface area contributed by atoms with Gasteiger partial charge in [-0.3, -0.25) is 4.99 Å². The molecule has 114 valence electrons. The molecule has 0 fully saturated rings. The van der Waals surface area contributed by atoms with Gasteiger partial charge in [-0.2, -0.15) is 0 Å². The van der Waals surface area contributed by atoms with E-state index in [0.717, 1.165) is 42.8 Å². The molecule has 1 rings (SSSR count). The van der Waals surface area contributed by atoms with E-state index < -0.39 is 0 Å². The predicted octanol–water partition coefficient (Wildman–Crippen LogP) is 2.28. The first-order valence-corrected chi connectivity index (χ1v) is 7.95. The van der Waals surface area contributed by atoms with E-state index >= 15 is 0 Å². The Hall–Kier alpha value is -1.14. The normalized spacial score (nSPS) is 11.7. The summed E-state index contributed by atoms with van der Waals surface area (Å²) in [7, 11) is 3.81. The van der Waals surface area contributed by atoms with E-state index in [4.69, 9.17) is 4.74 Å². The molecule has 1 aromatic heterocycles. The Kier molecular flexibility index (Phi) is 8.22. The monoisotopic (exact) mass is 298 g/mol. The average Bonchev–Trinajstić information content (AvgIpc) is 2.83. The van der Waals surface area contributed by atoms with Gasteiger partial charge in [-0.1, -0.05) is 13.3 Å². The number of hydrogen-bond donors (Lipinski definition) is 1. The average molecular weight is 298 g/mol. The second-order valence-corrected chi connectivity index (χ2v) is 5.72. The summed E-state index contributed by atoms with van der Waals surface area (Å²) in [6, 6.07) is 0. The Morgan fingerprint density at radius 1 is 1.50 bits per heavy atom. The van der Waals surface area contributed by atoms with Gasteiger partial charge in [-0.05, 0) is 13.3 Å². The molecule has 0 saturated heterocycles. The summed E-state index contributed by atoms with van der Waals surface area (Å²) < 4.78 is 5.52. The highest BCUT2D eigenvalue weighted by Crippen LogP contribution is 2.09. The first kappa shape index (κ1) is 16.9. The van der Waals surface area contributed by atoms with Crippen molar-refractivity contribution in [3.05, 3.63) is 16.1 Å². The number of guanidine groups is 1. The highest BCUT2D eigenvalue weighted by molar-refractivity contribution is 7.09. The number of nitrogens with one attached hydrogen (secondary N) is 1. The van der Waals surface area contributed by atoms with Crippen LogP contribution in [-0.2, 0) is 11.3 Å². The van der Waals surface area contributed by atoms with Crippen molar-refractivity contribution in [1.82, 2.24) is 15.2 Å². The second kappa shape index (κ2) is 9.72. The van der Waals surface area contributed by atoms with Gasteiger partial charge in [-0.15, -0.1) is 11.3 Å². The minimum absolute atomic E-state index is 0.711. The molecule has 1 N–H and O–H groups in total. The lowest BCUT2D eigenvalue weighted by Crippen LogP contribution is -2.40. The molecule has 0 aromatic carbocycles. The number of unbranched alkanes of at least 4 members (excludes halogenated alkanes) is 1. The minimum atomic E-state index is 0.711. The molecule has 0 saturated carbocycles. The number of aryl methyl sites for hydroxylation is 1. The third kappa shape index (κ3) is 6.34. The molecule has 6 heteroatoms. The number of aliphatic imine (C=N–C) groups is 1. The molecule has 20 heavy (non-hydrogen) atoms. The molecule has 0 aliphatic heterocycles. The first-order valence-electron chi connectivity index (χ1n) is 7.08. The molecule has 5 nitrogen and oxygen atoms in total. The van der Waals surface area contributed by atoms with Crippen LogP contribution in [0.3, 0.4) is 0 Å². The van der Waals surface area contributed by atoms with Crippen LogP contribution in [0.2, 0.25) is 0 Å². The number of nitrogens with zero attached hydrogens (tertiary/aromatic N) is 3. The van der Waals surface area contributed by atoms with Gasteiger partial charge in [0, 0.05) is 32.6 Å². The molecule has 0 aliphatic rings. The zero-order valence-electron chi connectivity index (χ0n) is 13.0. The molecule has 0 unspecified atom stereocenters. The Balaban J connectivity index is 2.27. The topological polar surface area (TPSA) is 49.8 Å². The summed E-state index contributed by atoms with van der Waals surface area (Å²) in [4.78, 5) is 10.8. The van der Waals surface area contributed by atoms with Gasteiger partial charge in [0.1, 0.15) is 0 Å². The minimum Gasteiger partial charge on any atom is -0.380 e. The molecule has 0 aliphatic carbocycles. The standard InChI is InChI=1S/C14H26N4OS/c1-5-6-8-19-9-7-16-14(15-3)18(4)10-13-11-20-12(2)17-13/h11H,5-10H2,1-4H3,(H,15,16). The zero-order chi connectivity index (χ0) is 14.8. The molecule has 0 bridgehead atoms. The van der Waals surface area contributed by atoms with Gasteiger partial charge in [-0.25, -0.2) is 4.98 Å². The van der Waals surface area contributed by atoms with Crippen molar-refractivity contribution in [2.45, 2.75) is 33.2 Å². The van der Waals surface area contributed by atoms with Gasteiger partial charge >= 0.3 is 0 Å². The molecule has 0 amide bonds.